The Hall–Kier alpha value is -5.04. The van der Waals surface area contributed by atoms with Gasteiger partial charge < -0.3 is 0 Å². The molecule has 0 radical (unpaired) electrons. The monoisotopic (exact) mass is 651 g/mol. The van der Waals surface area contributed by atoms with Crippen molar-refractivity contribution in [1.29, 1.82) is 0 Å². The van der Waals surface area contributed by atoms with Crippen LogP contribution in [-0.2, 0) is 0 Å². The van der Waals surface area contributed by atoms with E-state index < -0.39 is 42.3 Å². The Morgan fingerprint density at radius 3 is 1.77 bits per heavy atom. The molecule has 0 aromatic heterocycles. The largest absolute Gasteiger partial charge is 0.409 e. The molecule has 5 aromatic carbocycles. The Kier molecular flexibility index (Phi) is 7.24. The summed E-state index contributed by atoms with van der Waals surface area (Å²) in [4.78, 5) is 61.2. The second-order valence-corrected chi connectivity index (χ2v) is 13.0. The normalized spacial score (nSPS) is 16.2. The van der Waals surface area contributed by atoms with Gasteiger partial charge in [-0.15, -0.1) is 0 Å². The van der Waals surface area contributed by atoms with Crippen LogP contribution in [0.5, 0.6) is 0 Å². The van der Waals surface area contributed by atoms with Crippen molar-refractivity contribution >= 4 is 72.4 Å². The van der Waals surface area contributed by atoms with E-state index in [2.05, 4.69) is 4.85 Å². The van der Waals surface area contributed by atoms with E-state index in [4.69, 9.17) is 6.57 Å². The Labute approximate surface area is 274 Å². The summed E-state index contributed by atoms with van der Waals surface area (Å²) in [5, 5.41) is 3.98. The first-order valence-corrected chi connectivity index (χ1v) is 16.3. The van der Waals surface area contributed by atoms with Crippen molar-refractivity contribution in [2.45, 2.75) is 84.5 Å². The minimum atomic E-state index is -4.81. The standard InChI is InChI=1S/C38H32F3N3O4/c1-6-8-10-19(4)43-34(45)22-14-12-20-28-18(3)16-24-29-23(35(46)44(37(24)48)27(11-9-7-2)38(39,40)41)15-13-21(32(28)29)31-26(42-5)17-25(36(43)47)30(22)33(20)31/h12-17,19,27H,6-11H2,1-4H3/t19-,27+/m0/s1. The fourth-order valence-electron chi connectivity index (χ4n) is 7.92. The van der Waals surface area contributed by atoms with Gasteiger partial charge in [-0.25, -0.2) is 4.85 Å². The third-order valence-corrected chi connectivity index (χ3v) is 10.1. The number of carbonyl (C=O) groups is 4. The van der Waals surface area contributed by atoms with Crippen molar-refractivity contribution in [2.75, 3.05) is 0 Å². The number of halogens is 3. The summed E-state index contributed by atoms with van der Waals surface area (Å²) in [6.07, 6.45) is -2.16. The van der Waals surface area contributed by atoms with Crippen LogP contribution in [0.4, 0.5) is 18.9 Å². The zero-order chi connectivity index (χ0) is 34.4. The van der Waals surface area contributed by atoms with Crippen LogP contribution in [0.3, 0.4) is 0 Å². The number of fused-ring (bicyclic) bond motifs is 2. The van der Waals surface area contributed by atoms with Gasteiger partial charge in [-0.05, 0) is 88.8 Å². The summed E-state index contributed by atoms with van der Waals surface area (Å²) >= 11 is 0. The van der Waals surface area contributed by atoms with Crippen LogP contribution in [0.15, 0.2) is 36.4 Å². The number of rotatable bonds is 8. The van der Waals surface area contributed by atoms with Gasteiger partial charge in [0.15, 0.2) is 5.69 Å². The summed E-state index contributed by atoms with van der Waals surface area (Å²) < 4.78 is 43.0. The Balaban J connectivity index is 1.55. The molecule has 244 valence electrons. The average Bonchev–Trinajstić information content (AvgIpc) is 3.05. The first kappa shape index (κ1) is 31.6. The molecule has 5 aromatic rings. The van der Waals surface area contributed by atoms with Gasteiger partial charge in [0.1, 0.15) is 6.04 Å². The number of nitrogens with zero attached hydrogens (tertiary/aromatic N) is 3. The first-order valence-electron chi connectivity index (χ1n) is 16.3. The van der Waals surface area contributed by atoms with Gasteiger partial charge in [0.05, 0.1) is 6.57 Å². The van der Waals surface area contributed by atoms with E-state index >= 15 is 0 Å². The third-order valence-electron chi connectivity index (χ3n) is 10.1. The SMILES string of the molecule is [C-]#[N+]c1cc2c3c(ccc4c5c(C)cc6c7c(ccc(c1c34)c75)C(=O)N([C@H](CCCC)C(F)(F)F)C6=O)C(=O)N([C@@H](C)CCCC)C2=O. The van der Waals surface area contributed by atoms with Crippen LogP contribution in [-0.4, -0.2) is 51.7 Å². The maximum Gasteiger partial charge on any atom is 0.409 e. The second kappa shape index (κ2) is 11.0. The lowest BCUT2D eigenvalue weighted by atomic mass is 9.80. The lowest BCUT2D eigenvalue weighted by molar-refractivity contribution is -0.173. The van der Waals surface area contributed by atoms with E-state index in [1.807, 2.05) is 13.8 Å². The number of hydrogen-bond donors (Lipinski definition) is 0. The fourth-order valence-corrected chi connectivity index (χ4v) is 7.92. The maximum atomic E-state index is 14.3. The van der Waals surface area contributed by atoms with E-state index in [0.717, 1.165) is 12.8 Å². The van der Waals surface area contributed by atoms with Crippen molar-refractivity contribution in [2.24, 2.45) is 0 Å². The molecule has 0 fully saturated rings. The molecule has 0 saturated heterocycles. The molecule has 0 aliphatic carbocycles. The third kappa shape index (κ3) is 4.19. The Morgan fingerprint density at radius 2 is 1.19 bits per heavy atom. The molecule has 2 atom stereocenters. The van der Waals surface area contributed by atoms with E-state index in [1.165, 1.54) is 23.1 Å². The summed E-state index contributed by atoms with van der Waals surface area (Å²) in [5.74, 6) is -2.89. The first-order chi connectivity index (χ1) is 22.9. The molecule has 10 heteroatoms. The highest BCUT2D eigenvalue weighted by atomic mass is 19.4. The highest BCUT2D eigenvalue weighted by molar-refractivity contribution is 6.43. The molecule has 48 heavy (non-hydrogen) atoms. The quantitative estimate of drug-likeness (QED) is 0.0725. The van der Waals surface area contributed by atoms with Gasteiger partial charge in [0.2, 0.25) is 0 Å². The molecule has 7 nitrogen and oxygen atoms in total. The predicted molar refractivity (Wildman–Crippen MR) is 178 cm³/mol. The average molecular weight is 652 g/mol. The Morgan fingerprint density at radius 1 is 0.688 bits per heavy atom. The van der Waals surface area contributed by atoms with Gasteiger partial charge in [-0.1, -0.05) is 51.7 Å². The predicted octanol–water partition coefficient (Wildman–Crippen LogP) is 9.49. The second-order valence-electron chi connectivity index (χ2n) is 13.0. The van der Waals surface area contributed by atoms with Crippen molar-refractivity contribution in [3.05, 3.63) is 75.6 Å². The number of amides is 4. The summed E-state index contributed by atoms with van der Waals surface area (Å²) in [6, 6.07) is 6.92. The van der Waals surface area contributed by atoms with Crippen molar-refractivity contribution in [3.63, 3.8) is 0 Å². The number of imide groups is 2. The number of benzene rings is 5. The van der Waals surface area contributed by atoms with Crippen molar-refractivity contribution < 1.29 is 32.3 Å². The molecule has 4 amide bonds. The van der Waals surface area contributed by atoms with E-state index in [1.54, 1.807) is 32.0 Å². The van der Waals surface area contributed by atoms with E-state index in [9.17, 15) is 32.3 Å². The van der Waals surface area contributed by atoms with Crippen LogP contribution < -0.4 is 0 Å². The van der Waals surface area contributed by atoms with Gasteiger partial charge in [-0.3, -0.25) is 29.0 Å². The van der Waals surface area contributed by atoms with Crippen molar-refractivity contribution in [3.8, 4) is 0 Å². The number of hydrogen-bond acceptors (Lipinski definition) is 4. The van der Waals surface area contributed by atoms with Gasteiger partial charge >= 0.3 is 6.18 Å². The maximum absolute atomic E-state index is 14.3. The zero-order valence-corrected chi connectivity index (χ0v) is 27.0. The summed E-state index contributed by atoms with van der Waals surface area (Å²) in [7, 11) is 0. The summed E-state index contributed by atoms with van der Waals surface area (Å²) in [6.45, 7) is 15.5. The van der Waals surface area contributed by atoms with Crippen LogP contribution in [0.1, 0.15) is 106 Å². The Bertz CT molecular complexity index is 2300. The molecular weight excluding hydrogens is 619 g/mol. The molecule has 0 N–H and O–H groups in total. The fraction of sp³-hybridized carbons (Fsp3) is 0.342. The van der Waals surface area contributed by atoms with Crippen LogP contribution >= 0.6 is 0 Å². The molecule has 0 bridgehead atoms. The van der Waals surface area contributed by atoms with Crippen LogP contribution in [0.25, 0.3) is 47.9 Å². The molecule has 2 aliphatic rings. The molecule has 2 aliphatic heterocycles. The molecule has 7 rings (SSSR count). The minimum absolute atomic E-state index is 0.00562. The molecule has 0 unspecified atom stereocenters. The van der Waals surface area contributed by atoms with E-state index in [-0.39, 0.29) is 40.2 Å². The van der Waals surface area contributed by atoms with Gasteiger partial charge in [0, 0.05) is 39.1 Å². The lowest BCUT2D eigenvalue weighted by Gasteiger charge is -2.36. The molecule has 0 spiro atoms. The minimum Gasteiger partial charge on any atom is -0.272 e. The number of alkyl halides is 3. The van der Waals surface area contributed by atoms with Crippen LogP contribution in [0, 0.1) is 13.5 Å². The number of aryl methyl sites for hydroxylation is 1. The molecular formula is C38H32F3N3O4. The highest BCUT2D eigenvalue weighted by Crippen LogP contribution is 2.50. The van der Waals surface area contributed by atoms with E-state index in [0.29, 0.717) is 66.6 Å². The number of carbonyl (C=O) groups excluding carboxylic acids is 4. The number of unbranched alkanes of at least 4 members (excludes halogenated alkanes) is 2. The molecule has 2 heterocycles. The van der Waals surface area contributed by atoms with Crippen LogP contribution in [0.2, 0.25) is 0 Å². The topological polar surface area (TPSA) is 79.1 Å². The van der Waals surface area contributed by atoms with Gasteiger partial charge in [-0.2, -0.15) is 13.2 Å². The summed E-state index contributed by atoms with van der Waals surface area (Å²) in [5.41, 5.74) is 1.33. The smallest absolute Gasteiger partial charge is 0.272 e. The van der Waals surface area contributed by atoms with Gasteiger partial charge in [0.25, 0.3) is 23.6 Å². The lowest BCUT2D eigenvalue weighted by Crippen LogP contribution is -2.53. The van der Waals surface area contributed by atoms with Crippen molar-refractivity contribution in [1.82, 2.24) is 9.80 Å². The highest BCUT2D eigenvalue weighted by Gasteiger charge is 2.50. The molecule has 0 saturated carbocycles. The zero-order valence-electron chi connectivity index (χ0n) is 27.0.